The molecular weight excluding hydrogens is 505 g/mol. The van der Waals surface area contributed by atoms with Crippen molar-refractivity contribution in [1.82, 2.24) is 4.98 Å². The van der Waals surface area contributed by atoms with Crippen molar-refractivity contribution in [2.45, 2.75) is 31.0 Å². The normalized spacial score (nSPS) is 13.9. The molecule has 0 bridgehead atoms. The van der Waals surface area contributed by atoms with Crippen LogP contribution < -0.4 is 5.32 Å². The monoisotopic (exact) mass is 524 g/mol. The third-order valence-corrected chi connectivity index (χ3v) is 6.42. The first kappa shape index (κ1) is 25.7. The molecule has 1 heterocycles. The molecule has 0 aliphatic carbocycles. The zero-order valence-corrected chi connectivity index (χ0v) is 19.5. The summed E-state index contributed by atoms with van der Waals surface area (Å²) in [4.78, 5) is 3.64. The fraction of sp³-hybridized carbons (Fsp3) is 0.192. The van der Waals surface area contributed by atoms with Gasteiger partial charge in [0.2, 0.25) is 0 Å². The summed E-state index contributed by atoms with van der Waals surface area (Å²) in [5.41, 5.74) is -2.35. The molecule has 188 valence electrons. The molecule has 0 fully saturated rings. The lowest BCUT2D eigenvalue weighted by molar-refractivity contribution is -0.140. The first-order valence-electron chi connectivity index (χ1n) is 10.7. The molecule has 0 amide bonds. The number of hydrogen-bond acceptors (Lipinski definition) is 3. The van der Waals surface area contributed by atoms with Gasteiger partial charge in [-0.3, -0.25) is 0 Å². The zero-order valence-electron chi connectivity index (χ0n) is 18.7. The molecule has 1 N–H and O–H groups in total. The highest BCUT2D eigenvalue weighted by atomic mass is 32.1. The average molecular weight is 525 g/mol. The second kappa shape index (κ2) is 9.57. The SMILES string of the molecule is CC(F)(F)c1cc(F)cc([C@](Cc2ccccc2)(Nc2nc(C(F)(F)F)cs2)c2ccc(F)cc2)c1. The highest BCUT2D eigenvalue weighted by Crippen LogP contribution is 2.41. The van der Waals surface area contributed by atoms with Crippen LogP contribution in [0, 0.1) is 11.6 Å². The van der Waals surface area contributed by atoms with Crippen LogP contribution in [0.15, 0.2) is 78.2 Å². The van der Waals surface area contributed by atoms with Crippen LogP contribution in [0.5, 0.6) is 0 Å². The maximum absolute atomic E-state index is 14.7. The molecular formula is C26H19F7N2S. The summed E-state index contributed by atoms with van der Waals surface area (Å²) in [7, 11) is 0. The zero-order chi connectivity index (χ0) is 26.1. The summed E-state index contributed by atoms with van der Waals surface area (Å²) in [6.07, 6.45) is -4.71. The molecule has 10 heteroatoms. The van der Waals surface area contributed by atoms with Gasteiger partial charge in [-0.25, -0.2) is 22.5 Å². The van der Waals surface area contributed by atoms with Crippen LogP contribution in [0.1, 0.15) is 34.9 Å². The average Bonchev–Trinajstić information content (AvgIpc) is 3.28. The van der Waals surface area contributed by atoms with Crippen LogP contribution in [-0.4, -0.2) is 4.98 Å². The lowest BCUT2D eigenvalue weighted by Crippen LogP contribution is -2.39. The van der Waals surface area contributed by atoms with E-state index in [0.29, 0.717) is 35.5 Å². The predicted octanol–water partition coefficient (Wildman–Crippen LogP) is 8.15. The van der Waals surface area contributed by atoms with E-state index in [2.05, 4.69) is 10.3 Å². The Kier molecular flexibility index (Phi) is 6.83. The van der Waals surface area contributed by atoms with Gasteiger partial charge in [-0.1, -0.05) is 42.5 Å². The smallest absolute Gasteiger partial charge is 0.348 e. The number of nitrogens with zero attached hydrogens (tertiary/aromatic N) is 1. The fourth-order valence-electron chi connectivity index (χ4n) is 3.93. The van der Waals surface area contributed by atoms with E-state index in [0.717, 1.165) is 29.6 Å². The van der Waals surface area contributed by atoms with Crippen molar-refractivity contribution in [1.29, 1.82) is 0 Å². The van der Waals surface area contributed by atoms with Crippen LogP contribution in [-0.2, 0) is 24.1 Å². The van der Waals surface area contributed by atoms with Gasteiger partial charge in [-0.15, -0.1) is 11.3 Å². The summed E-state index contributed by atoms with van der Waals surface area (Å²) in [6.45, 7) is 0.617. The van der Waals surface area contributed by atoms with Crippen LogP contribution in [0.3, 0.4) is 0 Å². The maximum Gasteiger partial charge on any atom is 0.434 e. The van der Waals surface area contributed by atoms with Crippen molar-refractivity contribution in [3.8, 4) is 0 Å². The highest BCUT2D eigenvalue weighted by molar-refractivity contribution is 7.13. The Bertz CT molecular complexity index is 1330. The first-order valence-corrected chi connectivity index (χ1v) is 11.5. The molecule has 0 aliphatic heterocycles. The summed E-state index contributed by atoms with van der Waals surface area (Å²) in [5.74, 6) is -4.94. The minimum Gasteiger partial charge on any atom is -0.348 e. The van der Waals surface area contributed by atoms with Gasteiger partial charge in [0.15, 0.2) is 10.8 Å². The maximum atomic E-state index is 14.7. The van der Waals surface area contributed by atoms with Crippen LogP contribution >= 0.6 is 11.3 Å². The Morgan fingerprint density at radius 3 is 2.00 bits per heavy atom. The van der Waals surface area contributed by atoms with Crippen LogP contribution in [0.2, 0.25) is 0 Å². The van der Waals surface area contributed by atoms with Crippen molar-refractivity contribution in [3.63, 3.8) is 0 Å². The largest absolute Gasteiger partial charge is 0.434 e. The van der Waals surface area contributed by atoms with Crippen molar-refractivity contribution in [2.75, 3.05) is 5.32 Å². The first-order chi connectivity index (χ1) is 16.9. The standard InChI is InChI=1S/C26H19F7N2S/c1-24(29,30)18-11-19(13-21(28)12-18)25(14-16-5-3-2-4-6-16,17-7-9-20(27)10-8-17)35-23-34-22(15-36-23)26(31,32)33/h2-13,15H,14H2,1H3,(H,34,35)/t25-/m1/s1. The minimum absolute atomic E-state index is 0.00141. The Morgan fingerprint density at radius 1 is 0.778 bits per heavy atom. The summed E-state index contributed by atoms with van der Waals surface area (Å²) >= 11 is 0.662. The minimum atomic E-state index is -4.70. The second-order valence-corrected chi connectivity index (χ2v) is 9.21. The molecule has 2 nitrogen and oxygen atoms in total. The molecule has 4 aromatic rings. The molecule has 0 saturated carbocycles. The summed E-state index contributed by atoms with van der Waals surface area (Å²) in [6, 6.07) is 16.5. The number of rotatable bonds is 7. The van der Waals surface area contributed by atoms with E-state index in [1.807, 2.05) is 0 Å². The summed E-state index contributed by atoms with van der Waals surface area (Å²) < 4.78 is 96.9. The van der Waals surface area contributed by atoms with Gasteiger partial charge in [0, 0.05) is 24.3 Å². The van der Waals surface area contributed by atoms with E-state index in [4.69, 9.17) is 0 Å². The van der Waals surface area contributed by atoms with Crippen molar-refractivity contribution in [3.05, 3.63) is 118 Å². The molecule has 36 heavy (non-hydrogen) atoms. The van der Waals surface area contributed by atoms with E-state index >= 15 is 0 Å². The van der Waals surface area contributed by atoms with Gasteiger partial charge in [-0.2, -0.15) is 13.2 Å². The number of alkyl halides is 5. The molecule has 0 aliphatic rings. The Balaban J connectivity index is 1.98. The number of hydrogen-bond donors (Lipinski definition) is 1. The lowest BCUT2D eigenvalue weighted by Gasteiger charge is -2.37. The Hall–Kier alpha value is -3.40. The van der Waals surface area contributed by atoms with E-state index < -0.39 is 40.5 Å². The van der Waals surface area contributed by atoms with E-state index in [-0.39, 0.29) is 17.1 Å². The third kappa shape index (κ3) is 5.53. The van der Waals surface area contributed by atoms with E-state index in [1.54, 1.807) is 30.3 Å². The third-order valence-electron chi connectivity index (χ3n) is 5.66. The number of anilines is 1. The molecule has 4 rings (SSSR count). The van der Waals surface area contributed by atoms with Crippen LogP contribution in [0.4, 0.5) is 35.9 Å². The molecule has 3 aromatic carbocycles. The van der Waals surface area contributed by atoms with Gasteiger partial charge in [0.05, 0.1) is 5.54 Å². The van der Waals surface area contributed by atoms with Gasteiger partial charge in [-0.05, 0) is 47.0 Å². The molecule has 0 radical (unpaired) electrons. The topological polar surface area (TPSA) is 24.9 Å². The number of halogens is 7. The van der Waals surface area contributed by atoms with Gasteiger partial charge >= 0.3 is 6.18 Å². The lowest BCUT2D eigenvalue weighted by atomic mass is 9.77. The van der Waals surface area contributed by atoms with Gasteiger partial charge in [0.25, 0.3) is 5.92 Å². The van der Waals surface area contributed by atoms with E-state index in [9.17, 15) is 30.7 Å². The number of nitrogens with one attached hydrogen (secondary N) is 1. The van der Waals surface area contributed by atoms with E-state index in [1.165, 1.54) is 12.1 Å². The highest BCUT2D eigenvalue weighted by Gasteiger charge is 2.39. The van der Waals surface area contributed by atoms with Gasteiger partial charge < -0.3 is 5.32 Å². The molecule has 0 unspecified atom stereocenters. The number of thiazole rings is 1. The van der Waals surface area contributed by atoms with Crippen molar-refractivity contribution >= 4 is 16.5 Å². The molecule has 0 spiro atoms. The van der Waals surface area contributed by atoms with Crippen molar-refractivity contribution < 1.29 is 30.7 Å². The molecule has 1 aromatic heterocycles. The number of benzene rings is 3. The van der Waals surface area contributed by atoms with Crippen LogP contribution in [0.25, 0.3) is 0 Å². The van der Waals surface area contributed by atoms with Crippen molar-refractivity contribution in [2.24, 2.45) is 0 Å². The summed E-state index contributed by atoms with van der Waals surface area (Å²) in [5, 5.41) is 3.61. The quantitative estimate of drug-likeness (QED) is 0.247. The Labute approximate surface area is 206 Å². The second-order valence-electron chi connectivity index (χ2n) is 8.35. The fourth-order valence-corrected chi connectivity index (χ4v) is 4.72. The molecule has 1 atom stereocenters. The molecule has 0 saturated heterocycles. The van der Waals surface area contributed by atoms with Gasteiger partial charge in [0.1, 0.15) is 11.6 Å². The Morgan fingerprint density at radius 2 is 1.42 bits per heavy atom. The number of aromatic nitrogens is 1. The predicted molar refractivity (Wildman–Crippen MR) is 124 cm³/mol.